The van der Waals surface area contributed by atoms with Gasteiger partial charge in [0.1, 0.15) is 6.04 Å². The van der Waals surface area contributed by atoms with Crippen molar-refractivity contribution >= 4 is 17.6 Å². The number of rotatable bonds is 5. The number of para-hydroxylation sites is 1. The van der Waals surface area contributed by atoms with Gasteiger partial charge in [-0.25, -0.2) is 0 Å². The van der Waals surface area contributed by atoms with Crippen molar-refractivity contribution < 1.29 is 14.7 Å². The molecule has 136 valence electrons. The lowest BCUT2D eigenvalue weighted by atomic mass is 10.0. The maximum Gasteiger partial charge on any atom is 0.320 e. The van der Waals surface area contributed by atoms with Gasteiger partial charge in [-0.2, -0.15) is 0 Å². The first kappa shape index (κ1) is 17.9. The zero-order valence-corrected chi connectivity index (χ0v) is 14.9. The first-order valence-electron chi connectivity index (χ1n) is 9.17. The molecule has 6 nitrogen and oxygen atoms in total. The molecule has 0 spiro atoms. The molecule has 1 N–H and O–H groups in total. The lowest BCUT2D eigenvalue weighted by Gasteiger charge is -2.38. The number of carboxylic acids is 1. The first-order valence-corrected chi connectivity index (χ1v) is 9.17. The smallest absolute Gasteiger partial charge is 0.320 e. The van der Waals surface area contributed by atoms with Crippen molar-refractivity contribution in [1.82, 2.24) is 9.80 Å². The Morgan fingerprint density at radius 3 is 2.52 bits per heavy atom. The van der Waals surface area contributed by atoms with E-state index in [4.69, 9.17) is 0 Å². The molecule has 1 saturated heterocycles. The molecule has 1 unspecified atom stereocenters. The highest BCUT2D eigenvalue weighted by atomic mass is 16.4. The molecule has 25 heavy (non-hydrogen) atoms. The Hall–Kier alpha value is -1.92. The summed E-state index contributed by atoms with van der Waals surface area (Å²) in [5, 5.41) is 9.28. The molecule has 0 aromatic heterocycles. The van der Waals surface area contributed by atoms with Gasteiger partial charge in [-0.05, 0) is 30.9 Å². The molecule has 2 aliphatic heterocycles. The highest BCUT2D eigenvalue weighted by molar-refractivity contribution is 5.96. The van der Waals surface area contributed by atoms with Gasteiger partial charge in [0.25, 0.3) is 0 Å². The average Bonchev–Trinajstić information content (AvgIpc) is 2.63. The Balaban J connectivity index is 1.56. The van der Waals surface area contributed by atoms with Crippen LogP contribution in [0.2, 0.25) is 0 Å². The average molecular weight is 345 g/mol. The molecule has 0 bridgehead atoms. The number of aliphatic carboxylic acids is 1. The molecular weight excluding hydrogens is 318 g/mol. The van der Waals surface area contributed by atoms with Crippen molar-refractivity contribution in [2.24, 2.45) is 0 Å². The van der Waals surface area contributed by atoms with Crippen LogP contribution in [-0.2, 0) is 16.0 Å². The number of benzene rings is 1. The van der Waals surface area contributed by atoms with E-state index in [-0.39, 0.29) is 5.91 Å². The summed E-state index contributed by atoms with van der Waals surface area (Å²) in [6.45, 7) is 5.99. The molecule has 0 radical (unpaired) electrons. The van der Waals surface area contributed by atoms with E-state index in [1.165, 1.54) is 5.56 Å². The Morgan fingerprint density at radius 1 is 1.12 bits per heavy atom. The van der Waals surface area contributed by atoms with E-state index in [1.54, 1.807) is 0 Å². The van der Waals surface area contributed by atoms with Crippen LogP contribution >= 0.6 is 0 Å². The minimum absolute atomic E-state index is 0.144. The van der Waals surface area contributed by atoms with Crippen LogP contribution < -0.4 is 4.90 Å². The van der Waals surface area contributed by atoms with Gasteiger partial charge in [0, 0.05) is 38.4 Å². The normalized spacial score (nSPS) is 20.1. The van der Waals surface area contributed by atoms with Crippen LogP contribution in [0, 0.1) is 0 Å². The molecule has 3 rings (SSSR count). The first-order chi connectivity index (χ1) is 12.1. The summed E-state index contributed by atoms with van der Waals surface area (Å²) in [6.07, 6.45) is 2.65. The van der Waals surface area contributed by atoms with Crippen LogP contribution in [0.25, 0.3) is 0 Å². The molecule has 1 aromatic rings. The van der Waals surface area contributed by atoms with Crippen LogP contribution in [0.4, 0.5) is 5.69 Å². The molecule has 2 heterocycles. The van der Waals surface area contributed by atoms with E-state index < -0.39 is 12.0 Å². The Labute approximate surface area is 149 Å². The molecular formula is C19H27N3O3. The maximum absolute atomic E-state index is 12.8. The number of hydrogen-bond donors (Lipinski definition) is 1. The van der Waals surface area contributed by atoms with Gasteiger partial charge in [0.15, 0.2) is 0 Å². The number of aryl methyl sites for hydroxylation is 1. The number of hydrogen-bond acceptors (Lipinski definition) is 4. The molecule has 0 aliphatic carbocycles. The fourth-order valence-electron chi connectivity index (χ4n) is 3.89. The number of piperazine rings is 1. The highest BCUT2D eigenvalue weighted by Gasteiger charge is 2.29. The molecule has 1 aromatic carbocycles. The standard InChI is InChI=1S/C19H27N3O3/c1-2-16(19(24)25)21-12-10-20(11-13-21)14-18(23)22-9-5-7-15-6-3-4-8-17(15)22/h3-4,6,8,16H,2,5,7,9-14H2,1H3,(H,24,25). The summed E-state index contributed by atoms with van der Waals surface area (Å²) < 4.78 is 0. The van der Waals surface area contributed by atoms with Crippen LogP contribution in [0.1, 0.15) is 25.3 Å². The molecule has 0 saturated carbocycles. The lowest BCUT2D eigenvalue weighted by Crippen LogP contribution is -2.54. The van der Waals surface area contributed by atoms with E-state index >= 15 is 0 Å². The van der Waals surface area contributed by atoms with Crippen molar-refractivity contribution in [1.29, 1.82) is 0 Å². The minimum atomic E-state index is -0.753. The summed E-state index contributed by atoms with van der Waals surface area (Å²) in [5.41, 5.74) is 2.30. The van der Waals surface area contributed by atoms with E-state index in [2.05, 4.69) is 11.0 Å². The van der Waals surface area contributed by atoms with Crippen molar-refractivity contribution in [3.05, 3.63) is 29.8 Å². The predicted octanol–water partition coefficient (Wildman–Crippen LogP) is 1.45. The quantitative estimate of drug-likeness (QED) is 0.875. The van der Waals surface area contributed by atoms with Gasteiger partial charge in [-0.15, -0.1) is 0 Å². The summed E-state index contributed by atoms with van der Waals surface area (Å²) in [7, 11) is 0. The minimum Gasteiger partial charge on any atom is -0.480 e. The molecule has 1 atom stereocenters. The van der Waals surface area contributed by atoms with Crippen LogP contribution in [0.5, 0.6) is 0 Å². The van der Waals surface area contributed by atoms with Crippen LogP contribution in [0.15, 0.2) is 24.3 Å². The van der Waals surface area contributed by atoms with Gasteiger partial charge >= 0.3 is 5.97 Å². The Kier molecular flexibility index (Phi) is 5.71. The predicted molar refractivity (Wildman–Crippen MR) is 96.8 cm³/mol. The molecule has 2 aliphatic rings. The van der Waals surface area contributed by atoms with Gasteiger partial charge < -0.3 is 10.0 Å². The van der Waals surface area contributed by atoms with Gasteiger partial charge in [0.05, 0.1) is 6.54 Å². The van der Waals surface area contributed by atoms with Crippen molar-refractivity contribution in [3.63, 3.8) is 0 Å². The second-order valence-electron chi connectivity index (χ2n) is 6.85. The van der Waals surface area contributed by atoms with Crippen LogP contribution in [0.3, 0.4) is 0 Å². The monoisotopic (exact) mass is 345 g/mol. The van der Waals surface area contributed by atoms with Gasteiger partial charge in [-0.3, -0.25) is 19.4 Å². The summed E-state index contributed by atoms with van der Waals surface area (Å²) in [5.74, 6) is -0.608. The fraction of sp³-hybridized carbons (Fsp3) is 0.579. The van der Waals surface area contributed by atoms with Crippen molar-refractivity contribution in [2.75, 3.05) is 44.2 Å². The zero-order chi connectivity index (χ0) is 17.8. The number of anilines is 1. The number of carbonyl (C=O) groups is 2. The topological polar surface area (TPSA) is 64.1 Å². The van der Waals surface area contributed by atoms with E-state index in [0.29, 0.717) is 26.1 Å². The SMILES string of the molecule is CCC(C(=O)O)N1CCN(CC(=O)N2CCCc3ccccc32)CC1. The molecule has 1 amide bonds. The maximum atomic E-state index is 12.8. The third kappa shape index (κ3) is 4.02. The van der Waals surface area contributed by atoms with Gasteiger partial charge in [-0.1, -0.05) is 25.1 Å². The van der Waals surface area contributed by atoms with E-state index in [1.807, 2.05) is 34.9 Å². The van der Waals surface area contributed by atoms with Crippen LogP contribution in [-0.4, -0.2) is 72.1 Å². The van der Waals surface area contributed by atoms with Crippen molar-refractivity contribution in [2.45, 2.75) is 32.2 Å². The highest BCUT2D eigenvalue weighted by Crippen LogP contribution is 2.26. The lowest BCUT2D eigenvalue weighted by molar-refractivity contribution is -0.144. The second kappa shape index (κ2) is 7.97. The molecule has 1 fully saturated rings. The fourth-order valence-corrected chi connectivity index (χ4v) is 3.89. The zero-order valence-electron chi connectivity index (χ0n) is 14.9. The number of nitrogens with zero attached hydrogens (tertiary/aromatic N) is 3. The summed E-state index contributed by atoms with van der Waals surface area (Å²) >= 11 is 0. The van der Waals surface area contributed by atoms with Gasteiger partial charge in [0.2, 0.25) is 5.91 Å². The third-order valence-electron chi connectivity index (χ3n) is 5.29. The second-order valence-corrected chi connectivity index (χ2v) is 6.85. The summed E-state index contributed by atoms with van der Waals surface area (Å²) in [4.78, 5) is 30.2. The number of carboxylic acid groups (broad SMARTS) is 1. The largest absolute Gasteiger partial charge is 0.480 e. The Morgan fingerprint density at radius 2 is 1.84 bits per heavy atom. The summed E-state index contributed by atoms with van der Waals surface area (Å²) in [6, 6.07) is 7.73. The number of carbonyl (C=O) groups excluding carboxylic acids is 1. The number of fused-ring (bicyclic) bond motifs is 1. The van der Waals surface area contributed by atoms with E-state index in [9.17, 15) is 14.7 Å². The number of amides is 1. The Bertz CT molecular complexity index is 626. The molecule has 6 heteroatoms. The van der Waals surface area contributed by atoms with E-state index in [0.717, 1.165) is 38.2 Å². The van der Waals surface area contributed by atoms with Crippen molar-refractivity contribution in [3.8, 4) is 0 Å². The third-order valence-corrected chi connectivity index (χ3v) is 5.29.